The Morgan fingerprint density at radius 2 is 1.77 bits per heavy atom. The molecule has 31 heavy (non-hydrogen) atoms. The zero-order valence-electron chi connectivity index (χ0n) is 19.0. The molecule has 1 heterocycles. The monoisotopic (exact) mass is 422 g/mol. The van der Waals surface area contributed by atoms with Gasteiger partial charge in [0.1, 0.15) is 12.4 Å². The maximum Gasteiger partial charge on any atom is 0.338 e. The lowest BCUT2D eigenvalue weighted by Crippen LogP contribution is -2.48. The molecule has 0 saturated carbocycles. The number of nitrogens with zero attached hydrogens (tertiary/aromatic N) is 1. The van der Waals surface area contributed by atoms with Crippen molar-refractivity contribution in [1.82, 2.24) is 10.2 Å². The van der Waals surface area contributed by atoms with E-state index in [1.807, 2.05) is 64.1 Å². The van der Waals surface area contributed by atoms with Crippen molar-refractivity contribution in [3.05, 3.63) is 75.5 Å². The van der Waals surface area contributed by atoms with Crippen LogP contribution in [-0.2, 0) is 9.53 Å². The fraction of sp³-hybridized carbons (Fsp3) is 0.360. The highest BCUT2D eigenvalue weighted by Gasteiger charge is 2.37. The standard InChI is InChI=1S/C25H30N2O4/c1-7-30-24(28)22-21(14-31-19-10-9-16(3)17(4)13-19)27(6)25(29)26-23(22)20-11-8-15(2)12-18(20)5/h8-13,23H,7,14H2,1-6H3,(H,26,29)/t23-/m1/s1. The SMILES string of the molecule is CCOC(=O)C1=C(COc2ccc(C)c(C)c2)N(C)C(=O)N[C@@H]1c1ccc(C)cc1C. The predicted octanol–water partition coefficient (Wildman–Crippen LogP) is 4.51. The van der Waals surface area contributed by atoms with Crippen LogP contribution in [0.2, 0.25) is 0 Å². The lowest BCUT2D eigenvalue weighted by molar-refractivity contribution is -0.139. The number of benzene rings is 2. The topological polar surface area (TPSA) is 67.9 Å². The fourth-order valence-corrected chi connectivity index (χ4v) is 3.72. The quantitative estimate of drug-likeness (QED) is 0.696. The highest BCUT2D eigenvalue weighted by Crippen LogP contribution is 2.33. The van der Waals surface area contributed by atoms with Crippen LogP contribution in [-0.4, -0.2) is 37.2 Å². The van der Waals surface area contributed by atoms with Gasteiger partial charge < -0.3 is 14.8 Å². The molecule has 1 aliphatic rings. The van der Waals surface area contributed by atoms with Crippen molar-refractivity contribution >= 4 is 12.0 Å². The first-order valence-electron chi connectivity index (χ1n) is 10.4. The van der Waals surface area contributed by atoms with Crippen LogP contribution in [0.1, 0.15) is 40.8 Å². The molecule has 0 fully saturated rings. The predicted molar refractivity (Wildman–Crippen MR) is 120 cm³/mol. The van der Waals surface area contributed by atoms with E-state index < -0.39 is 12.0 Å². The normalized spacial score (nSPS) is 16.3. The van der Waals surface area contributed by atoms with E-state index in [0.29, 0.717) is 17.0 Å². The third kappa shape index (κ3) is 4.74. The second-order valence-electron chi connectivity index (χ2n) is 7.92. The zero-order valence-corrected chi connectivity index (χ0v) is 19.0. The molecule has 1 atom stereocenters. The number of hydrogen-bond acceptors (Lipinski definition) is 4. The number of carbonyl (C=O) groups is 2. The molecule has 0 unspecified atom stereocenters. The van der Waals surface area contributed by atoms with Crippen LogP contribution in [0.15, 0.2) is 47.7 Å². The van der Waals surface area contributed by atoms with E-state index in [0.717, 1.165) is 22.3 Å². The molecule has 6 nitrogen and oxygen atoms in total. The van der Waals surface area contributed by atoms with Crippen LogP contribution < -0.4 is 10.1 Å². The number of nitrogens with one attached hydrogen (secondary N) is 1. The maximum absolute atomic E-state index is 13.0. The molecule has 0 radical (unpaired) electrons. The van der Waals surface area contributed by atoms with Crippen LogP contribution >= 0.6 is 0 Å². The van der Waals surface area contributed by atoms with Gasteiger partial charge in [0, 0.05) is 7.05 Å². The van der Waals surface area contributed by atoms with Gasteiger partial charge in [0.15, 0.2) is 0 Å². The van der Waals surface area contributed by atoms with E-state index in [1.165, 1.54) is 10.5 Å². The Balaban J connectivity index is 2.06. The van der Waals surface area contributed by atoms with Gasteiger partial charge in [-0.15, -0.1) is 0 Å². The number of esters is 1. The number of aryl methyl sites for hydroxylation is 4. The molecule has 0 aromatic heterocycles. The number of rotatable bonds is 6. The number of urea groups is 1. The van der Waals surface area contributed by atoms with Crippen molar-refractivity contribution < 1.29 is 19.1 Å². The number of likely N-dealkylation sites (N-methyl/N-ethyl adjacent to an activating group) is 1. The lowest BCUT2D eigenvalue weighted by Gasteiger charge is -2.35. The molecule has 1 aliphatic heterocycles. The first-order valence-corrected chi connectivity index (χ1v) is 10.4. The Kier molecular flexibility index (Phi) is 6.68. The van der Waals surface area contributed by atoms with Crippen molar-refractivity contribution in [3.63, 3.8) is 0 Å². The number of amides is 2. The molecule has 1 N–H and O–H groups in total. The molecule has 0 spiro atoms. The molecule has 3 rings (SSSR count). The van der Waals surface area contributed by atoms with E-state index in [-0.39, 0.29) is 19.2 Å². The van der Waals surface area contributed by atoms with Gasteiger partial charge in [-0.25, -0.2) is 9.59 Å². The molecule has 2 aromatic carbocycles. The van der Waals surface area contributed by atoms with Crippen LogP contribution in [0.3, 0.4) is 0 Å². The Morgan fingerprint density at radius 3 is 2.42 bits per heavy atom. The molecular formula is C25H30N2O4. The van der Waals surface area contributed by atoms with Crippen LogP contribution in [0, 0.1) is 27.7 Å². The first-order chi connectivity index (χ1) is 14.7. The molecule has 0 saturated heterocycles. The second kappa shape index (κ2) is 9.25. The van der Waals surface area contributed by atoms with Gasteiger partial charge in [0.05, 0.1) is 23.9 Å². The fourth-order valence-electron chi connectivity index (χ4n) is 3.72. The molecule has 0 bridgehead atoms. The summed E-state index contributed by atoms with van der Waals surface area (Å²) in [4.78, 5) is 27.2. The number of carbonyl (C=O) groups excluding carboxylic acids is 2. The summed E-state index contributed by atoms with van der Waals surface area (Å²) in [5.74, 6) is 0.222. The summed E-state index contributed by atoms with van der Waals surface area (Å²) >= 11 is 0. The molecule has 6 heteroatoms. The van der Waals surface area contributed by atoms with Crippen molar-refractivity contribution in [2.45, 2.75) is 40.7 Å². The summed E-state index contributed by atoms with van der Waals surface area (Å²) in [5.41, 5.74) is 6.12. The minimum atomic E-state index is -0.610. The van der Waals surface area contributed by atoms with Gasteiger partial charge in [-0.2, -0.15) is 0 Å². The summed E-state index contributed by atoms with van der Waals surface area (Å²) in [7, 11) is 1.63. The highest BCUT2D eigenvalue weighted by molar-refractivity contribution is 5.95. The first kappa shape index (κ1) is 22.4. The summed E-state index contributed by atoms with van der Waals surface area (Å²) < 4.78 is 11.4. The minimum Gasteiger partial charge on any atom is -0.487 e. The Bertz CT molecular complexity index is 1040. The third-order valence-corrected chi connectivity index (χ3v) is 5.66. The zero-order chi connectivity index (χ0) is 22.7. The van der Waals surface area contributed by atoms with E-state index in [4.69, 9.17) is 9.47 Å². The minimum absolute atomic E-state index is 0.0714. The van der Waals surface area contributed by atoms with Crippen molar-refractivity contribution in [2.24, 2.45) is 0 Å². The van der Waals surface area contributed by atoms with Gasteiger partial charge in [0.25, 0.3) is 0 Å². The molecule has 164 valence electrons. The van der Waals surface area contributed by atoms with E-state index >= 15 is 0 Å². The van der Waals surface area contributed by atoms with Gasteiger partial charge in [-0.05, 0) is 69.0 Å². The van der Waals surface area contributed by atoms with Crippen LogP contribution in [0.5, 0.6) is 5.75 Å². The van der Waals surface area contributed by atoms with E-state index in [9.17, 15) is 9.59 Å². The van der Waals surface area contributed by atoms with Crippen LogP contribution in [0.25, 0.3) is 0 Å². The van der Waals surface area contributed by atoms with Gasteiger partial charge in [-0.1, -0.05) is 29.8 Å². The van der Waals surface area contributed by atoms with Crippen molar-refractivity contribution in [2.75, 3.05) is 20.3 Å². The van der Waals surface area contributed by atoms with Crippen molar-refractivity contribution in [1.29, 1.82) is 0 Å². The van der Waals surface area contributed by atoms with Gasteiger partial charge >= 0.3 is 12.0 Å². The van der Waals surface area contributed by atoms with Gasteiger partial charge in [-0.3, -0.25) is 4.90 Å². The summed E-state index contributed by atoms with van der Waals surface area (Å²) in [6.45, 7) is 10.1. The number of ether oxygens (including phenoxy) is 2. The Hall–Kier alpha value is -3.28. The largest absolute Gasteiger partial charge is 0.487 e. The summed E-state index contributed by atoms with van der Waals surface area (Å²) in [6.07, 6.45) is 0. The lowest BCUT2D eigenvalue weighted by atomic mass is 9.91. The smallest absolute Gasteiger partial charge is 0.338 e. The molecular weight excluding hydrogens is 392 g/mol. The second-order valence-corrected chi connectivity index (χ2v) is 7.92. The molecule has 2 aromatic rings. The average molecular weight is 423 g/mol. The van der Waals surface area contributed by atoms with E-state index in [1.54, 1.807) is 14.0 Å². The van der Waals surface area contributed by atoms with Crippen molar-refractivity contribution in [3.8, 4) is 5.75 Å². The maximum atomic E-state index is 13.0. The van der Waals surface area contributed by atoms with Gasteiger partial charge in [0.2, 0.25) is 0 Å². The molecule has 2 amide bonds. The Morgan fingerprint density at radius 1 is 1.03 bits per heavy atom. The van der Waals surface area contributed by atoms with Crippen LogP contribution in [0.4, 0.5) is 4.79 Å². The Labute approximate surface area is 183 Å². The summed E-state index contributed by atoms with van der Waals surface area (Å²) in [6, 6.07) is 10.9. The summed E-state index contributed by atoms with van der Waals surface area (Å²) in [5, 5.41) is 2.95. The third-order valence-electron chi connectivity index (χ3n) is 5.66. The number of hydrogen-bond donors (Lipinski definition) is 1. The highest BCUT2D eigenvalue weighted by atomic mass is 16.5. The average Bonchev–Trinajstić information content (AvgIpc) is 2.71. The van der Waals surface area contributed by atoms with E-state index in [2.05, 4.69) is 5.32 Å². The molecule has 0 aliphatic carbocycles.